The highest BCUT2D eigenvalue weighted by molar-refractivity contribution is 6.51. The fourth-order valence-corrected chi connectivity index (χ4v) is 4.47. The topological polar surface area (TPSA) is 76.1 Å². The molecule has 1 saturated heterocycles. The average molecular weight is 514 g/mol. The van der Waals surface area contributed by atoms with E-state index in [9.17, 15) is 14.7 Å². The molecule has 0 bridgehead atoms. The number of benzene rings is 3. The van der Waals surface area contributed by atoms with Gasteiger partial charge in [-0.25, -0.2) is 0 Å². The zero-order chi connectivity index (χ0) is 27.6. The molecule has 1 aliphatic heterocycles. The molecule has 1 N–H and O–H groups in total. The van der Waals surface area contributed by atoms with Gasteiger partial charge in [-0.15, -0.1) is 0 Å². The molecule has 198 valence electrons. The summed E-state index contributed by atoms with van der Waals surface area (Å²) in [6, 6.07) is 20.9. The number of aliphatic hydroxyl groups is 1. The Labute approximate surface area is 224 Å². The zero-order valence-corrected chi connectivity index (χ0v) is 22.8. The lowest BCUT2D eigenvalue weighted by Crippen LogP contribution is -2.29. The molecule has 6 heteroatoms. The lowest BCUT2D eigenvalue weighted by molar-refractivity contribution is -0.132. The van der Waals surface area contributed by atoms with Gasteiger partial charge in [-0.1, -0.05) is 65.0 Å². The van der Waals surface area contributed by atoms with E-state index < -0.39 is 17.7 Å². The number of ketones is 1. The van der Waals surface area contributed by atoms with Crippen molar-refractivity contribution in [2.75, 3.05) is 18.6 Å². The second-order valence-corrected chi connectivity index (χ2v) is 11.0. The summed E-state index contributed by atoms with van der Waals surface area (Å²) in [6.45, 7) is 11.1. The van der Waals surface area contributed by atoms with Crippen molar-refractivity contribution in [1.29, 1.82) is 0 Å². The van der Waals surface area contributed by atoms with Crippen LogP contribution in [0.25, 0.3) is 5.76 Å². The predicted octanol–water partition coefficient (Wildman–Crippen LogP) is 6.65. The number of amides is 1. The largest absolute Gasteiger partial charge is 0.507 e. The molecular weight excluding hydrogens is 478 g/mol. The molecule has 1 fully saturated rings. The van der Waals surface area contributed by atoms with E-state index in [0.29, 0.717) is 35.3 Å². The van der Waals surface area contributed by atoms with Gasteiger partial charge in [0.05, 0.1) is 25.3 Å². The molecule has 4 rings (SSSR count). The second kappa shape index (κ2) is 10.7. The fraction of sp³-hybridized carbons (Fsp3) is 0.312. The third kappa shape index (κ3) is 5.44. The summed E-state index contributed by atoms with van der Waals surface area (Å²) in [7, 11) is 1.55. The SMILES string of the molecule is COc1cccc(N2C(=O)C(=O)/C(=C(/O)c3ccc(OCC(C)C)cc3)C2c2ccc(C(C)(C)C)cc2)c1. The third-order valence-corrected chi connectivity index (χ3v) is 6.58. The number of hydrogen-bond donors (Lipinski definition) is 1. The molecule has 0 radical (unpaired) electrons. The molecule has 1 unspecified atom stereocenters. The van der Waals surface area contributed by atoms with E-state index in [1.807, 2.05) is 24.3 Å². The van der Waals surface area contributed by atoms with E-state index in [1.54, 1.807) is 55.6 Å². The molecule has 0 spiro atoms. The number of carbonyl (C=O) groups is 2. The van der Waals surface area contributed by atoms with Crippen LogP contribution >= 0.6 is 0 Å². The Kier molecular flexibility index (Phi) is 7.63. The Morgan fingerprint density at radius 2 is 1.61 bits per heavy atom. The van der Waals surface area contributed by atoms with Crippen LogP contribution in [0, 0.1) is 5.92 Å². The fourth-order valence-electron chi connectivity index (χ4n) is 4.47. The molecule has 0 aliphatic carbocycles. The Morgan fingerprint density at radius 1 is 0.947 bits per heavy atom. The highest BCUT2D eigenvalue weighted by Gasteiger charge is 2.47. The van der Waals surface area contributed by atoms with Crippen molar-refractivity contribution in [3.63, 3.8) is 0 Å². The molecule has 0 aromatic heterocycles. The number of Topliss-reactive ketones (excluding diaryl/α,β-unsaturated/α-hetero) is 1. The number of methoxy groups -OCH3 is 1. The van der Waals surface area contributed by atoms with Crippen molar-refractivity contribution in [2.45, 2.75) is 46.1 Å². The van der Waals surface area contributed by atoms with Gasteiger partial charge in [0.25, 0.3) is 11.7 Å². The Balaban J connectivity index is 1.84. The number of anilines is 1. The van der Waals surface area contributed by atoms with Gasteiger partial charge in [0.15, 0.2) is 0 Å². The smallest absolute Gasteiger partial charge is 0.300 e. The van der Waals surface area contributed by atoms with Gasteiger partial charge >= 0.3 is 0 Å². The Hall–Kier alpha value is -4.06. The zero-order valence-electron chi connectivity index (χ0n) is 22.8. The second-order valence-electron chi connectivity index (χ2n) is 11.0. The van der Waals surface area contributed by atoms with Crippen molar-refractivity contribution >= 4 is 23.1 Å². The van der Waals surface area contributed by atoms with Crippen molar-refractivity contribution in [1.82, 2.24) is 0 Å². The van der Waals surface area contributed by atoms with Gasteiger partial charge in [0.1, 0.15) is 17.3 Å². The van der Waals surface area contributed by atoms with E-state index in [4.69, 9.17) is 9.47 Å². The minimum Gasteiger partial charge on any atom is -0.507 e. The number of rotatable bonds is 7. The maximum atomic E-state index is 13.4. The van der Waals surface area contributed by atoms with Crippen LogP contribution in [0.15, 0.2) is 78.4 Å². The normalized spacial score (nSPS) is 17.2. The summed E-state index contributed by atoms with van der Waals surface area (Å²) in [4.78, 5) is 28.3. The monoisotopic (exact) mass is 513 g/mol. The molecule has 38 heavy (non-hydrogen) atoms. The summed E-state index contributed by atoms with van der Waals surface area (Å²) >= 11 is 0. The summed E-state index contributed by atoms with van der Waals surface area (Å²) in [5, 5.41) is 11.4. The maximum absolute atomic E-state index is 13.4. The summed E-state index contributed by atoms with van der Waals surface area (Å²) in [5.74, 6) is -0.0732. The van der Waals surface area contributed by atoms with Crippen LogP contribution in [-0.2, 0) is 15.0 Å². The third-order valence-electron chi connectivity index (χ3n) is 6.58. The molecule has 1 amide bonds. The van der Waals surface area contributed by atoms with Crippen molar-refractivity contribution in [3.05, 3.63) is 95.1 Å². The van der Waals surface area contributed by atoms with Gasteiger partial charge in [-0.3, -0.25) is 14.5 Å². The van der Waals surface area contributed by atoms with E-state index in [1.165, 1.54) is 4.90 Å². The molecule has 3 aromatic rings. The standard InChI is InChI=1S/C32H35NO5/c1-20(2)19-38-25-16-12-22(13-17-25)29(34)27-28(21-10-14-23(15-11-21)32(3,4)5)33(31(36)30(27)35)24-8-7-9-26(18-24)37-6/h7-18,20,28,34H,19H2,1-6H3/b29-27+. The van der Waals surface area contributed by atoms with Crippen LogP contribution < -0.4 is 14.4 Å². The molecule has 1 atom stereocenters. The summed E-state index contributed by atoms with van der Waals surface area (Å²) < 4.78 is 11.1. The van der Waals surface area contributed by atoms with Gasteiger partial charge in [0, 0.05) is 17.3 Å². The van der Waals surface area contributed by atoms with E-state index >= 15 is 0 Å². The highest BCUT2D eigenvalue weighted by Crippen LogP contribution is 2.43. The van der Waals surface area contributed by atoms with Gasteiger partial charge in [-0.05, 0) is 58.9 Å². The van der Waals surface area contributed by atoms with Crippen LogP contribution in [-0.4, -0.2) is 30.5 Å². The number of ether oxygens (including phenoxy) is 2. The molecule has 1 aliphatic rings. The van der Waals surface area contributed by atoms with E-state index in [0.717, 1.165) is 11.1 Å². The van der Waals surface area contributed by atoms with Gasteiger partial charge in [0.2, 0.25) is 0 Å². The maximum Gasteiger partial charge on any atom is 0.300 e. The lowest BCUT2D eigenvalue weighted by Gasteiger charge is -2.27. The van der Waals surface area contributed by atoms with Crippen molar-refractivity contribution in [2.24, 2.45) is 5.92 Å². The Bertz CT molecular complexity index is 1350. The van der Waals surface area contributed by atoms with Gasteiger partial charge < -0.3 is 14.6 Å². The highest BCUT2D eigenvalue weighted by atomic mass is 16.5. The van der Waals surface area contributed by atoms with Crippen LogP contribution in [0.5, 0.6) is 11.5 Å². The first-order valence-electron chi connectivity index (χ1n) is 12.8. The minimum absolute atomic E-state index is 0.0391. The van der Waals surface area contributed by atoms with Crippen molar-refractivity contribution < 1.29 is 24.2 Å². The number of aliphatic hydroxyl groups excluding tert-OH is 1. The molecular formula is C32H35NO5. The first kappa shape index (κ1) is 27.0. The summed E-state index contributed by atoms with van der Waals surface area (Å²) in [5.41, 5.74) is 2.76. The number of hydrogen-bond acceptors (Lipinski definition) is 5. The Morgan fingerprint density at radius 3 is 2.18 bits per heavy atom. The predicted molar refractivity (Wildman–Crippen MR) is 150 cm³/mol. The molecule has 1 heterocycles. The average Bonchev–Trinajstić information content (AvgIpc) is 3.17. The van der Waals surface area contributed by atoms with Crippen LogP contribution in [0.2, 0.25) is 0 Å². The van der Waals surface area contributed by atoms with Crippen molar-refractivity contribution in [3.8, 4) is 11.5 Å². The van der Waals surface area contributed by atoms with Crippen LogP contribution in [0.1, 0.15) is 57.4 Å². The van der Waals surface area contributed by atoms with Crippen LogP contribution in [0.3, 0.4) is 0 Å². The first-order valence-corrected chi connectivity index (χ1v) is 12.8. The van der Waals surface area contributed by atoms with E-state index in [2.05, 4.69) is 34.6 Å². The van der Waals surface area contributed by atoms with Gasteiger partial charge in [-0.2, -0.15) is 0 Å². The molecule has 0 saturated carbocycles. The van der Waals surface area contributed by atoms with Crippen LogP contribution in [0.4, 0.5) is 5.69 Å². The van der Waals surface area contributed by atoms with E-state index in [-0.39, 0.29) is 16.7 Å². The first-order chi connectivity index (χ1) is 18.0. The number of carbonyl (C=O) groups excluding carboxylic acids is 2. The minimum atomic E-state index is -0.812. The quantitative estimate of drug-likeness (QED) is 0.217. The lowest BCUT2D eigenvalue weighted by atomic mass is 9.85. The summed E-state index contributed by atoms with van der Waals surface area (Å²) in [6.07, 6.45) is 0. The molecule has 6 nitrogen and oxygen atoms in total. The molecule has 3 aromatic carbocycles. The number of nitrogens with zero attached hydrogens (tertiary/aromatic N) is 1.